The van der Waals surface area contributed by atoms with Crippen LogP contribution in [0.1, 0.15) is 55.5 Å². The number of aryl methyl sites for hydroxylation is 1. The largest absolute Gasteiger partial charge is 0.465 e. The average Bonchev–Trinajstić information content (AvgIpc) is 3.33. The maximum Gasteiger partial charge on any atom is 0.339 e. The second-order valence-electron chi connectivity index (χ2n) is 6.87. The SMILES string of the molecule is COC(=O)c1c(C)[nH]c(C(=O)[C@@H](C)[NH2+][C@@H](c2ccccc2)c2cccs2)c1C. The maximum absolute atomic E-state index is 13.2. The lowest BCUT2D eigenvalue weighted by molar-refractivity contribution is -0.703. The molecule has 1 aromatic carbocycles. The first-order valence-corrected chi connectivity index (χ1v) is 10.1. The molecule has 146 valence electrons. The van der Waals surface area contributed by atoms with E-state index < -0.39 is 5.97 Å². The van der Waals surface area contributed by atoms with Crippen LogP contribution in [0.4, 0.5) is 0 Å². The highest BCUT2D eigenvalue weighted by Crippen LogP contribution is 2.24. The van der Waals surface area contributed by atoms with Crippen molar-refractivity contribution in [3.63, 3.8) is 0 Å². The van der Waals surface area contributed by atoms with Crippen LogP contribution in [0.15, 0.2) is 47.8 Å². The minimum atomic E-state index is -0.428. The molecule has 0 aliphatic rings. The number of thiophene rings is 1. The standard InChI is InChI=1S/C22H24N2O3S/c1-13-18(22(26)27-4)14(2)23-19(13)21(25)15(3)24-20(17-11-8-12-28-17)16-9-6-5-7-10-16/h5-12,15,20,23-24H,1-4H3/p+1/t15-,20+/m1/s1. The molecular weight excluding hydrogens is 372 g/mol. The molecule has 0 aliphatic heterocycles. The summed E-state index contributed by atoms with van der Waals surface area (Å²) in [5, 5.41) is 4.13. The zero-order valence-electron chi connectivity index (χ0n) is 16.5. The molecule has 2 aromatic heterocycles. The molecule has 5 nitrogen and oxygen atoms in total. The number of esters is 1. The first kappa shape index (κ1) is 20.0. The highest BCUT2D eigenvalue weighted by Gasteiger charge is 2.30. The van der Waals surface area contributed by atoms with Crippen molar-refractivity contribution in [3.8, 4) is 0 Å². The monoisotopic (exact) mass is 397 g/mol. The number of Topliss-reactive ketones (excluding diaryl/α,β-unsaturated/α-hetero) is 1. The first-order chi connectivity index (χ1) is 13.4. The molecule has 2 heterocycles. The number of quaternary nitrogens is 1. The molecule has 0 aliphatic carbocycles. The zero-order valence-corrected chi connectivity index (χ0v) is 17.3. The molecule has 3 aromatic rings. The lowest BCUT2D eigenvalue weighted by Gasteiger charge is -2.19. The van der Waals surface area contributed by atoms with Crippen molar-refractivity contribution in [2.24, 2.45) is 0 Å². The number of aromatic amines is 1. The number of ether oxygens (including phenoxy) is 1. The van der Waals surface area contributed by atoms with Crippen molar-refractivity contribution in [3.05, 3.63) is 80.8 Å². The van der Waals surface area contributed by atoms with Gasteiger partial charge in [0.1, 0.15) is 12.1 Å². The molecule has 0 amide bonds. The topological polar surface area (TPSA) is 75.8 Å². The summed E-state index contributed by atoms with van der Waals surface area (Å²) >= 11 is 1.68. The molecule has 0 fully saturated rings. The molecule has 0 saturated carbocycles. The summed E-state index contributed by atoms with van der Waals surface area (Å²) in [6.07, 6.45) is 0. The van der Waals surface area contributed by atoms with Gasteiger partial charge in [-0.15, -0.1) is 11.3 Å². The molecule has 0 spiro atoms. The first-order valence-electron chi connectivity index (χ1n) is 9.19. The van der Waals surface area contributed by atoms with Gasteiger partial charge in [0.2, 0.25) is 5.78 Å². The van der Waals surface area contributed by atoms with Gasteiger partial charge in [-0.05, 0) is 37.8 Å². The maximum atomic E-state index is 13.2. The van der Waals surface area contributed by atoms with Crippen LogP contribution in [0.5, 0.6) is 0 Å². The van der Waals surface area contributed by atoms with Crippen molar-refractivity contribution in [2.45, 2.75) is 32.9 Å². The van der Waals surface area contributed by atoms with Gasteiger partial charge in [0.25, 0.3) is 0 Å². The predicted octanol–water partition coefficient (Wildman–Crippen LogP) is 3.40. The predicted molar refractivity (Wildman–Crippen MR) is 110 cm³/mol. The number of carbonyl (C=O) groups is 2. The molecule has 3 rings (SSSR count). The smallest absolute Gasteiger partial charge is 0.339 e. The highest BCUT2D eigenvalue weighted by molar-refractivity contribution is 7.10. The zero-order chi connectivity index (χ0) is 20.3. The van der Waals surface area contributed by atoms with Gasteiger partial charge < -0.3 is 15.0 Å². The second-order valence-corrected chi connectivity index (χ2v) is 7.85. The number of hydrogen-bond donors (Lipinski definition) is 2. The van der Waals surface area contributed by atoms with Crippen LogP contribution >= 0.6 is 11.3 Å². The van der Waals surface area contributed by atoms with Crippen LogP contribution in [0, 0.1) is 13.8 Å². The van der Waals surface area contributed by atoms with E-state index in [-0.39, 0.29) is 17.9 Å². The van der Waals surface area contributed by atoms with Crippen LogP contribution in [-0.2, 0) is 4.74 Å². The molecule has 3 N–H and O–H groups in total. The molecule has 0 bridgehead atoms. The number of methoxy groups -OCH3 is 1. The number of nitrogens with one attached hydrogen (secondary N) is 1. The Kier molecular flexibility index (Phi) is 6.11. The minimum Gasteiger partial charge on any atom is -0.465 e. The van der Waals surface area contributed by atoms with Crippen LogP contribution in [0.3, 0.4) is 0 Å². The van der Waals surface area contributed by atoms with Crippen LogP contribution in [-0.4, -0.2) is 29.9 Å². The third-order valence-corrected chi connectivity index (χ3v) is 5.93. The van der Waals surface area contributed by atoms with Crippen LogP contribution < -0.4 is 5.32 Å². The molecule has 6 heteroatoms. The van der Waals surface area contributed by atoms with Gasteiger partial charge >= 0.3 is 5.97 Å². The van der Waals surface area contributed by atoms with Crippen molar-refractivity contribution < 1.29 is 19.6 Å². The third-order valence-electron chi connectivity index (χ3n) is 4.98. The summed E-state index contributed by atoms with van der Waals surface area (Å²) in [5.41, 5.74) is 3.36. The van der Waals surface area contributed by atoms with Crippen molar-refractivity contribution in [1.29, 1.82) is 0 Å². The Hall–Kier alpha value is -2.70. The van der Waals surface area contributed by atoms with E-state index in [2.05, 4.69) is 28.5 Å². The fraction of sp³-hybridized carbons (Fsp3) is 0.273. The highest BCUT2D eigenvalue weighted by atomic mass is 32.1. The lowest BCUT2D eigenvalue weighted by Crippen LogP contribution is -2.92. The van der Waals surface area contributed by atoms with Gasteiger partial charge in [-0.25, -0.2) is 4.79 Å². The average molecular weight is 398 g/mol. The normalized spacial score (nSPS) is 13.1. The van der Waals surface area contributed by atoms with E-state index in [0.717, 1.165) is 5.56 Å². The lowest BCUT2D eigenvalue weighted by atomic mass is 10.0. The van der Waals surface area contributed by atoms with Gasteiger partial charge in [0.15, 0.2) is 0 Å². The van der Waals surface area contributed by atoms with Gasteiger partial charge in [-0.3, -0.25) is 4.79 Å². The summed E-state index contributed by atoms with van der Waals surface area (Å²) in [6, 6.07) is 14.0. The van der Waals surface area contributed by atoms with Crippen molar-refractivity contribution in [1.82, 2.24) is 4.98 Å². The Morgan fingerprint density at radius 1 is 1.11 bits per heavy atom. The Bertz CT molecular complexity index is 961. The number of aromatic nitrogens is 1. The van der Waals surface area contributed by atoms with Gasteiger partial charge in [0.05, 0.1) is 23.2 Å². The quantitative estimate of drug-likeness (QED) is 0.474. The summed E-state index contributed by atoms with van der Waals surface area (Å²) in [7, 11) is 1.34. The summed E-state index contributed by atoms with van der Waals surface area (Å²) in [6.45, 7) is 5.46. The summed E-state index contributed by atoms with van der Waals surface area (Å²) < 4.78 is 4.85. The number of hydrogen-bond acceptors (Lipinski definition) is 4. The summed E-state index contributed by atoms with van der Waals surface area (Å²) in [5.74, 6) is -0.462. The number of H-pyrrole nitrogens is 1. The van der Waals surface area contributed by atoms with E-state index in [1.165, 1.54) is 12.0 Å². The van der Waals surface area contributed by atoms with Crippen molar-refractivity contribution in [2.75, 3.05) is 7.11 Å². The molecule has 0 saturated heterocycles. The number of rotatable bonds is 7. The van der Waals surface area contributed by atoms with Gasteiger partial charge in [0, 0.05) is 11.3 Å². The minimum absolute atomic E-state index is 0.0340. The fourth-order valence-electron chi connectivity index (χ4n) is 3.51. The summed E-state index contributed by atoms with van der Waals surface area (Å²) in [4.78, 5) is 29.5. The number of carbonyl (C=O) groups excluding carboxylic acids is 2. The molecule has 28 heavy (non-hydrogen) atoms. The van der Waals surface area contributed by atoms with Crippen LogP contribution in [0.25, 0.3) is 0 Å². The Labute approximate surface area is 168 Å². The van der Waals surface area contributed by atoms with Crippen molar-refractivity contribution >= 4 is 23.1 Å². The number of benzene rings is 1. The van der Waals surface area contributed by atoms with E-state index in [1.54, 1.807) is 25.2 Å². The fourth-order valence-corrected chi connectivity index (χ4v) is 4.34. The third kappa shape index (κ3) is 3.93. The number of ketones is 1. The second kappa shape index (κ2) is 8.54. The Morgan fingerprint density at radius 3 is 2.43 bits per heavy atom. The van der Waals surface area contributed by atoms with E-state index in [1.807, 2.05) is 36.6 Å². The van der Waals surface area contributed by atoms with E-state index >= 15 is 0 Å². The molecule has 0 radical (unpaired) electrons. The Morgan fingerprint density at radius 2 is 1.82 bits per heavy atom. The van der Waals surface area contributed by atoms with Crippen LogP contribution in [0.2, 0.25) is 0 Å². The number of nitrogens with two attached hydrogens (primary N) is 1. The van der Waals surface area contributed by atoms with E-state index in [0.29, 0.717) is 22.5 Å². The molecular formula is C22H25N2O3S+. The van der Waals surface area contributed by atoms with E-state index in [9.17, 15) is 9.59 Å². The Balaban J connectivity index is 1.88. The van der Waals surface area contributed by atoms with Gasteiger partial charge in [-0.2, -0.15) is 0 Å². The molecule has 0 unspecified atom stereocenters. The molecule has 2 atom stereocenters. The van der Waals surface area contributed by atoms with E-state index in [4.69, 9.17) is 4.74 Å². The van der Waals surface area contributed by atoms with Gasteiger partial charge in [-0.1, -0.05) is 36.4 Å².